The van der Waals surface area contributed by atoms with Crippen molar-refractivity contribution in [3.8, 4) is 5.75 Å². The minimum Gasteiger partial charge on any atom is -0.497 e. The summed E-state index contributed by atoms with van der Waals surface area (Å²) in [6.45, 7) is 0.942. The van der Waals surface area contributed by atoms with Gasteiger partial charge in [0.25, 0.3) is 0 Å². The number of benzene rings is 1. The van der Waals surface area contributed by atoms with Crippen LogP contribution in [0.3, 0.4) is 0 Å². The van der Waals surface area contributed by atoms with Crippen LogP contribution >= 0.6 is 0 Å². The van der Waals surface area contributed by atoms with Crippen LogP contribution in [0.25, 0.3) is 0 Å². The van der Waals surface area contributed by atoms with E-state index in [0.717, 1.165) is 24.5 Å². The second-order valence-corrected chi connectivity index (χ2v) is 4.44. The zero-order valence-electron chi connectivity index (χ0n) is 10.6. The van der Waals surface area contributed by atoms with Crippen molar-refractivity contribution in [1.82, 2.24) is 20.1 Å². The van der Waals surface area contributed by atoms with E-state index in [1.807, 2.05) is 17.8 Å². The Hall–Kier alpha value is -1.88. The predicted molar refractivity (Wildman–Crippen MR) is 67.5 cm³/mol. The zero-order chi connectivity index (χ0) is 12.5. The molecule has 0 bridgehead atoms. The first-order chi connectivity index (χ1) is 8.79. The Morgan fingerprint density at radius 1 is 1.44 bits per heavy atom. The van der Waals surface area contributed by atoms with E-state index < -0.39 is 0 Å². The Labute approximate surface area is 106 Å². The largest absolute Gasteiger partial charge is 0.497 e. The summed E-state index contributed by atoms with van der Waals surface area (Å²) in [5.41, 5.74) is 2.58. The van der Waals surface area contributed by atoms with Gasteiger partial charge in [-0.2, -0.15) is 5.10 Å². The van der Waals surface area contributed by atoms with E-state index in [1.54, 1.807) is 13.4 Å². The number of ether oxygens (including phenoxy) is 1. The van der Waals surface area contributed by atoms with Gasteiger partial charge in [-0.3, -0.25) is 4.68 Å². The van der Waals surface area contributed by atoms with Gasteiger partial charge in [0.15, 0.2) is 0 Å². The lowest BCUT2D eigenvalue weighted by molar-refractivity contribution is 0.412. The molecule has 0 spiro atoms. The molecule has 1 unspecified atom stereocenters. The Kier molecular flexibility index (Phi) is 2.76. The molecule has 18 heavy (non-hydrogen) atoms. The summed E-state index contributed by atoms with van der Waals surface area (Å²) in [5.74, 6) is 1.86. The standard InChI is InChI=1S/C13H16N4O/c1-17-13(15-8-16-17)12-11-4-3-10(18-2)7-9(11)5-6-14-12/h3-4,7-8,12,14H,5-6H2,1-2H3. The lowest BCUT2D eigenvalue weighted by Gasteiger charge is -2.26. The molecule has 5 heteroatoms. The van der Waals surface area contributed by atoms with Crippen LogP contribution in [0.5, 0.6) is 5.75 Å². The summed E-state index contributed by atoms with van der Waals surface area (Å²) in [6.07, 6.45) is 2.61. The van der Waals surface area contributed by atoms with Gasteiger partial charge in [0.05, 0.1) is 13.2 Å². The maximum Gasteiger partial charge on any atom is 0.148 e. The SMILES string of the molecule is COc1ccc2c(c1)CCNC2c1ncnn1C. The molecule has 5 nitrogen and oxygen atoms in total. The number of hydrogen-bond acceptors (Lipinski definition) is 4. The molecule has 2 heterocycles. The average molecular weight is 244 g/mol. The highest BCUT2D eigenvalue weighted by Gasteiger charge is 2.24. The quantitative estimate of drug-likeness (QED) is 0.858. The predicted octanol–water partition coefficient (Wildman–Crippen LogP) is 1.06. The Morgan fingerprint density at radius 2 is 2.33 bits per heavy atom. The smallest absolute Gasteiger partial charge is 0.148 e. The fourth-order valence-electron chi connectivity index (χ4n) is 2.47. The van der Waals surface area contributed by atoms with Gasteiger partial charge >= 0.3 is 0 Å². The molecule has 1 atom stereocenters. The third-order valence-corrected chi connectivity index (χ3v) is 3.41. The van der Waals surface area contributed by atoms with Crippen LogP contribution in [0.15, 0.2) is 24.5 Å². The van der Waals surface area contributed by atoms with E-state index >= 15 is 0 Å². The van der Waals surface area contributed by atoms with Gasteiger partial charge in [-0.15, -0.1) is 0 Å². The molecule has 0 fully saturated rings. The van der Waals surface area contributed by atoms with E-state index in [0.29, 0.717) is 0 Å². The third-order valence-electron chi connectivity index (χ3n) is 3.41. The molecule has 2 aromatic rings. The highest BCUT2D eigenvalue weighted by atomic mass is 16.5. The first kappa shape index (κ1) is 11.2. The molecule has 1 aliphatic heterocycles. The number of methoxy groups -OCH3 is 1. The van der Waals surface area contributed by atoms with Gasteiger partial charge in [-0.25, -0.2) is 4.98 Å². The monoisotopic (exact) mass is 244 g/mol. The van der Waals surface area contributed by atoms with Gasteiger partial charge in [-0.1, -0.05) is 6.07 Å². The summed E-state index contributed by atoms with van der Waals surface area (Å²) < 4.78 is 7.09. The van der Waals surface area contributed by atoms with E-state index in [1.165, 1.54) is 11.1 Å². The van der Waals surface area contributed by atoms with Gasteiger partial charge in [0.1, 0.15) is 17.9 Å². The maximum atomic E-state index is 5.28. The number of rotatable bonds is 2. The molecule has 94 valence electrons. The van der Waals surface area contributed by atoms with Crippen molar-refractivity contribution in [2.45, 2.75) is 12.5 Å². The second-order valence-electron chi connectivity index (χ2n) is 4.44. The number of aromatic nitrogens is 3. The lowest BCUT2D eigenvalue weighted by atomic mass is 9.93. The van der Waals surface area contributed by atoms with Crippen LogP contribution in [-0.2, 0) is 13.5 Å². The zero-order valence-corrected chi connectivity index (χ0v) is 10.6. The summed E-state index contributed by atoms with van der Waals surface area (Å²) in [6, 6.07) is 6.33. The summed E-state index contributed by atoms with van der Waals surface area (Å²) >= 11 is 0. The Bertz CT molecular complexity index is 564. The van der Waals surface area contributed by atoms with E-state index in [2.05, 4.69) is 27.5 Å². The molecule has 0 saturated carbocycles. The van der Waals surface area contributed by atoms with Crippen LogP contribution in [0.4, 0.5) is 0 Å². The van der Waals surface area contributed by atoms with Gasteiger partial charge < -0.3 is 10.1 Å². The van der Waals surface area contributed by atoms with Crippen molar-refractivity contribution in [2.24, 2.45) is 7.05 Å². The summed E-state index contributed by atoms with van der Waals surface area (Å²) in [5, 5.41) is 7.63. The fraction of sp³-hybridized carbons (Fsp3) is 0.385. The highest BCUT2D eigenvalue weighted by molar-refractivity contribution is 5.41. The van der Waals surface area contributed by atoms with Crippen LogP contribution in [0, 0.1) is 0 Å². The van der Waals surface area contributed by atoms with Crippen LogP contribution in [0.1, 0.15) is 23.0 Å². The molecule has 3 rings (SSSR count). The number of fused-ring (bicyclic) bond motifs is 1. The first-order valence-corrected chi connectivity index (χ1v) is 6.03. The van der Waals surface area contributed by atoms with Crippen molar-refractivity contribution in [3.63, 3.8) is 0 Å². The van der Waals surface area contributed by atoms with Gasteiger partial charge in [-0.05, 0) is 29.7 Å². The van der Waals surface area contributed by atoms with Gasteiger partial charge in [0, 0.05) is 13.6 Å². The molecule has 0 radical (unpaired) electrons. The van der Waals surface area contributed by atoms with Crippen LogP contribution in [-0.4, -0.2) is 28.4 Å². The minimum absolute atomic E-state index is 0.118. The molecule has 1 aromatic carbocycles. The molecule has 1 N–H and O–H groups in total. The van der Waals surface area contributed by atoms with Crippen LogP contribution in [0.2, 0.25) is 0 Å². The van der Waals surface area contributed by atoms with Crippen molar-refractivity contribution in [2.75, 3.05) is 13.7 Å². The normalized spacial score (nSPS) is 18.4. The van der Waals surface area contributed by atoms with Gasteiger partial charge in [0.2, 0.25) is 0 Å². The molecular formula is C13H16N4O. The maximum absolute atomic E-state index is 5.28. The Morgan fingerprint density at radius 3 is 3.06 bits per heavy atom. The molecule has 0 aliphatic carbocycles. The highest BCUT2D eigenvalue weighted by Crippen LogP contribution is 2.29. The molecule has 0 saturated heterocycles. The van der Waals surface area contributed by atoms with E-state index in [-0.39, 0.29) is 6.04 Å². The number of aryl methyl sites for hydroxylation is 1. The number of nitrogens with zero attached hydrogens (tertiary/aromatic N) is 3. The van der Waals surface area contributed by atoms with Crippen molar-refractivity contribution in [3.05, 3.63) is 41.5 Å². The van der Waals surface area contributed by atoms with Crippen molar-refractivity contribution in [1.29, 1.82) is 0 Å². The fourth-order valence-corrected chi connectivity index (χ4v) is 2.47. The molecule has 1 aliphatic rings. The van der Waals surface area contributed by atoms with Crippen molar-refractivity contribution >= 4 is 0 Å². The molecule has 1 aromatic heterocycles. The minimum atomic E-state index is 0.118. The topological polar surface area (TPSA) is 52.0 Å². The van der Waals surface area contributed by atoms with E-state index in [9.17, 15) is 0 Å². The average Bonchev–Trinajstić information content (AvgIpc) is 2.83. The molecule has 0 amide bonds. The number of hydrogen-bond donors (Lipinski definition) is 1. The van der Waals surface area contributed by atoms with Crippen molar-refractivity contribution < 1.29 is 4.74 Å². The second kappa shape index (κ2) is 4.42. The summed E-state index contributed by atoms with van der Waals surface area (Å²) in [7, 11) is 3.62. The number of nitrogens with one attached hydrogen (secondary N) is 1. The van der Waals surface area contributed by atoms with E-state index in [4.69, 9.17) is 4.74 Å². The Balaban J connectivity index is 2.05. The summed E-state index contributed by atoms with van der Waals surface area (Å²) in [4.78, 5) is 4.34. The third kappa shape index (κ3) is 1.76. The first-order valence-electron chi connectivity index (χ1n) is 6.03. The lowest BCUT2D eigenvalue weighted by Crippen LogP contribution is -2.32. The molecular weight excluding hydrogens is 228 g/mol. The van der Waals surface area contributed by atoms with Crippen LogP contribution < -0.4 is 10.1 Å².